The lowest BCUT2D eigenvalue weighted by Gasteiger charge is -2.10. The Bertz CT molecular complexity index is 934. The third kappa shape index (κ3) is 3.14. The fourth-order valence-electron chi connectivity index (χ4n) is 3.22. The number of Topliss-reactive ketones (excluding diaryl/α,β-unsaturated/α-hetero) is 1. The van der Waals surface area contributed by atoms with Crippen molar-refractivity contribution in [2.24, 2.45) is 0 Å². The summed E-state index contributed by atoms with van der Waals surface area (Å²) < 4.78 is 20.1. The van der Waals surface area contributed by atoms with Crippen LogP contribution in [0.1, 0.15) is 51.7 Å². The van der Waals surface area contributed by atoms with E-state index in [0.29, 0.717) is 28.8 Å². The Morgan fingerprint density at radius 2 is 1.96 bits per heavy atom. The highest BCUT2D eigenvalue weighted by Crippen LogP contribution is 2.27. The number of hydrogen-bond acceptors (Lipinski definition) is 3. The lowest BCUT2D eigenvalue weighted by atomic mass is 9.98. The highest BCUT2D eigenvalue weighted by molar-refractivity contribution is 6.11. The molecule has 0 radical (unpaired) electrons. The molecule has 2 aromatic heterocycles. The number of aryl methyl sites for hydroxylation is 2. The first-order valence-corrected chi connectivity index (χ1v) is 8.31. The molecule has 3 rings (SSSR count). The van der Waals surface area contributed by atoms with E-state index in [1.54, 1.807) is 17.4 Å². The minimum atomic E-state index is -0.449. The smallest absolute Gasteiger partial charge is 0.340 e. The van der Waals surface area contributed by atoms with Crippen molar-refractivity contribution < 1.29 is 18.7 Å². The van der Waals surface area contributed by atoms with E-state index >= 15 is 0 Å². The van der Waals surface area contributed by atoms with Crippen LogP contribution < -0.4 is 0 Å². The van der Waals surface area contributed by atoms with Gasteiger partial charge in [0.1, 0.15) is 5.83 Å². The van der Waals surface area contributed by atoms with Gasteiger partial charge in [-0.25, -0.2) is 9.18 Å². The van der Waals surface area contributed by atoms with E-state index in [0.717, 1.165) is 11.1 Å². The number of halogens is 1. The SMILES string of the molecule is CCOC(=O)c1cc(C(=O)C2=CC=C(F)CC2)n2cc(C)cc(C)c12. The zero-order valence-electron chi connectivity index (χ0n) is 14.6. The van der Waals surface area contributed by atoms with E-state index in [1.165, 1.54) is 12.2 Å². The number of carbonyl (C=O) groups excluding carboxylic acids is 2. The average Bonchev–Trinajstić information content (AvgIpc) is 2.95. The molecule has 2 aromatic rings. The molecule has 2 heterocycles. The molecule has 130 valence electrons. The maximum Gasteiger partial charge on any atom is 0.340 e. The van der Waals surface area contributed by atoms with Crippen LogP contribution in [0.15, 0.2) is 41.9 Å². The van der Waals surface area contributed by atoms with Gasteiger partial charge in [0.15, 0.2) is 0 Å². The third-order valence-corrected chi connectivity index (χ3v) is 4.31. The van der Waals surface area contributed by atoms with Crippen molar-refractivity contribution in [3.63, 3.8) is 0 Å². The van der Waals surface area contributed by atoms with Crippen molar-refractivity contribution in [1.29, 1.82) is 0 Å². The Kier molecular flexibility index (Phi) is 4.57. The maximum atomic E-state index is 13.2. The topological polar surface area (TPSA) is 47.8 Å². The fourth-order valence-corrected chi connectivity index (χ4v) is 3.22. The molecule has 1 aliphatic carbocycles. The minimum Gasteiger partial charge on any atom is -0.462 e. The van der Waals surface area contributed by atoms with Crippen LogP contribution in [0, 0.1) is 13.8 Å². The van der Waals surface area contributed by atoms with Crippen molar-refractivity contribution in [2.75, 3.05) is 6.61 Å². The van der Waals surface area contributed by atoms with Crippen LogP contribution in [0.4, 0.5) is 4.39 Å². The second-order valence-corrected chi connectivity index (χ2v) is 6.22. The number of ketones is 1. The summed E-state index contributed by atoms with van der Waals surface area (Å²) in [5.41, 5.74) is 3.85. The maximum absolute atomic E-state index is 13.2. The molecule has 1 aliphatic rings. The van der Waals surface area contributed by atoms with Crippen molar-refractivity contribution in [3.8, 4) is 0 Å². The summed E-state index contributed by atoms with van der Waals surface area (Å²) >= 11 is 0. The Morgan fingerprint density at radius 3 is 2.60 bits per heavy atom. The normalized spacial score (nSPS) is 14.2. The van der Waals surface area contributed by atoms with Crippen LogP contribution in [0.2, 0.25) is 0 Å². The molecule has 0 aliphatic heterocycles. The van der Waals surface area contributed by atoms with Crippen LogP contribution in [-0.4, -0.2) is 22.8 Å². The molecule has 0 aromatic carbocycles. The standard InChI is InChI=1S/C20H20FNO3/c1-4-25-20(24)16-10-17(19(23)14-5-7-15(21)8-6-14)22-11-12(2)9-13(3)18(16)22/h5,7,9-11H,4,6,8H2,1-3H3. The number of ether oxygens (including phenoxy) is 1. The molecule has 5 heteroatoms. The predicted molar refractivity (Wildman–Crippen MR) is 93.7 cm³/mol. The zero-order chi connectivity index (χ0) is 18.1. The first kappa shape index (κ1) is 17.1. The lowest BCUT2D eigenvalue weighted by molar-refractivity contribution is 0.0528. The van der Waals surface area contributed by atoms with Gasteiger partial charge in [-0.2, -0.15) is 0 Å². The number of nitrogens with zero attached hydrogens (tertiary/aromatic N) is 1. The van der Waals surface area contributed by atoms with Gasteiger partial charge in [0.25, 0.3) is 0 Å². The van der Waals surface area contributed by atoms with Gasteiger partial charge in [0.05, 0.1) is 23.4 Å². The van der Waals surface area contributed by atoms with Crippen molar-refractivity contribution in [3.05, 3.63) is 64.3 Å². The van der Waals surface area contributed by atoms with Crippen LogP contribution in [-0.2, 0) is 4.74 Å². The number of pyridine rings is 1. The van der Waals surface area contributed by atoms with Gasteiger partial charge >= 0.3 is 5.97 Å². The molecular weight excluding hydrogens is 321 g/mol. The molecule has 25 heavy (non-hydrogen) atoms. The number of carbonyl (C=O) groups is 2. The molecule has 0 bridgehead atoms. The van der Waals surface area contributed by atoms with Gasteiger partial charge in [-0.1, -0.05) is 12.1 Å². The van der Waals surface area contributed by atoms with Crippen LogP contribution in [0.25, 0.3) is 5.52 Å². The Labute approximate surface area is 145 Å². The van der Waals surface area contributed by atoms with Gasteiger partial charge in [0.2, 0.25) is 5.78 Å². The minimum absolute atomic E-state index is 0.195. The van der Waals surface area contributed by atoms with Crippen molar-refractivity contribution in [2.45, 2.75) is 33.6 Å². The molecular formula is C20H20FNO3. The fraction of sp³-hybridized carbons (Fsp3) is 0.300. The number of esters is 1. The van der Waals surface area contributed by atoms with E-state index in [1.807, 2.05) is 26.1 Å². The summed E-state index contributed by atoms with van der Waals surface area (Å²) in [6.07, 6.45) is 5.26. The summed E-state index contributed by atoms with van der Waals surface area (Å²) in [7, 11) is 0. The first-order chi connectivity index (χ1) is 11.9. The molecule has 0 fully saturated rings. The van der Waals surface area contributed by atoms with Crippen LogP contribution in [0.3, 0.4) is 0 Å². The van der Waals surface area contributed by atoms with E-state index in [4.69, 9.17) is 4.74 Å². The Balaban J connectivity index is 2.18. The summed E-state index contributed by atoms with van der Waals surface area (Å²) in [5.74, 6) is -0.871. The summed E-state index contributed by atoms with van der Waals surface area (Å²) in [5, 5.41) is 0. The molecule has 0 unspecified atom stereocenters. The van der Waals surface area contributed by atoms with Crippen LogP contribution in [0.5, 0.6) is 0 Å². The van der Waals surface area contributed by atoms with Gasteiger partial charge in [-0.3, -0.25) is 4.79 Å². The third-order valence-electron chi connectivity index (χ3n) is 4.31. The molecule has 0 saturated heterocycles. The Hall–Kier alpha value is -2.69. The molecule has 0 amide bonds. The second-order valence-electron chi connectivity index (χ2n) is 6.22. The molecule has 0 spiro atoms. The summed E-state index contributed by atoms with van der Waals surface area (Å²) in [4.78, 5) is 25.3. The molecule has 0 N–H and O–H groups in total. The number of aromatic nitrogens is 1. The number of rotatable bonds is 4. The van der Waals surface area contributed by atoms with Gasteiger partial charge in [0, 0.05) is 18.2 Å². The quantitative estimate of drug-likeness (QED) is 0.608. The van der Waals surface area contributed by atoms with Gasteiger partial charge in [-0.05, 0) is 50.5 Å². The van der Waals surface area contributed by atoms with Gasteiger partial charge < -0.3 is 9.14 Å². The number of fused-ring (bicyclic) bond motifs is 1. The number of hydrogen-bond donors (Lipinski definition) is 0. The van der Waals surface area contributed by atoms with Crippen molar-refractivity contribution >= 4 is 17.3 Å². The lowest BCUT2D eigenvalue weighted by Crippen LogP contribution is -2.09. The summed E-state index contributed by atoms with van der Waals surface area (Å²) in [6, 6.07) is 3.54. The van der Waals surface area contributed by atoms with E-state index in [9.17, 15) is 14.0 Å². The van der Waals surface area contributed by atoms with Crippen molar-refractivity contribution in [1.82, 2.24) is 4.40 Å². The molecule has 0 atom stereocenters. The highest BCUT2D eigenvalue weighted by atomic mass is 19.1. The second kappa shape index (κ2) is 6.67. The van der Waals surface area contributed by atoms with Crippen LogP contribution >= 0.6 is 0 Å². The monoisotopic (exact) mass is 341 g/mol. The molecule has 0 saturated carbocycles. The Morgan fingerprint density at radius 1 is 1.20 bits per heavy atom. The number of allylic oxidation sites excluding steroid dienone is 4. The zero-order valence-corrected chi connectivity index (χ0v) is 14.6. The largest absolute Gasteiger partial charge is 0.462 e. The summed E-state index contributed by atoms with van der Waals surface area (Å²) in [6.45, 7) is 5.84. The highest BCUT2D eigenvalue weighted by Gasteiger charge is 2.24. The van der Waals surface area contributed by atoms with E-state index in [2.05, 4.69) is 0 Å². The van der Waals surface area contributed by atoms with Gasteiger partial charge in [-0.15, -0.1) is 0 Å². The molecule has 4 nitrogen and oxygen atoms in total. The average molecular weight is 341 g/mol. The predicted octanol–water partition coefficient (Wildman–Crippen LogP) is 4.49. The van der Waals surface area contributed by atoms with E-state index < -0.39 is 5.97 Å². The van der Waals surface area contributed by atoms with E-state index in [-0.39, 0.29) is 24.6 Å². The first-order valence-electron chi connectivity index (χ1n) is 8.31.